The largest absolute Gasteiger partial charge is 0.479 e. The highest BCUT2D eigenvalue weighted by Crippen LogP contribution is 2.27. The molecule has 75 heavy (non-hydrogen) atoms. The Morgan fingerprint density at radius 1 is 0.440 bits per heavy atom. The summed E-state index contributed by atoms with van der Waals surface area (Å²) in [5.41, 5.74) is 0. The van der Waals surface area contributed by atoms with Gasteiger partial charge in [-0.1, -0.05) is 231 Å². The van der Waals surface area contributed by atoms with Crippen LogP contribution in [0.15, 0.2) is 36.5 Å². The van der Waals surface area contributed by atoms with Crippen LogP contribution in [-0.4, -0.2) is 89.2 Å². The molecule has 12 nitrogen and oxygen atoms in total. The maximum atomic E-state index is 13.2. The van der Waals surface area contributed by atoms with E-state index >= 15 is 0 Å². The summed E-state index contributed by atoms with van der Waals surface area (Å²) >= 11 is 0. The van der Waals surface area contributed by atoms with E-state index < -0.39 is 67.3 Å². The minimum absolute atomic E-state index is 0.0467. The van der Waals surface area contributed by atoms with Gasteiger partial charge in [0.2, 0.25) is 0 Å². The van der Waals surface area contributed by atoms with E-state index in [1.165, 1.54) is 128 Å². The average Bonchev–Trinajstić information content (AvgIpc) is 3.39. The lowest BCUT2D eigenvalue weighted by Gasteiger charge is -2.40. The smallest absolute Gasteiger partial charge is 0.335 e. The van der Waals surface area contributed by atoms with Gasteiger partial charge in [0.1, 0.15) is 18.8 Å². The first-order valence-electron chi connectivity index (χ1n) is 31.0. The highest BCUT2D eigenvalue weighted by molar-refractivity contribution is 5.74. The molecule has 1 fully saturated rings. The molecule has 0 amide bonds. The first kappa shape index (κ1) is 70.0. The van der Waals surface area contributed by atoms with E-state index in [4.69, 9.17) is 23.7 Å². The van der Waals surface area contributed by atoms with Crippen LogP contribution in [0.5, 0.6) is 0 Å². The number of carboxylic acid groups (broad SMARTS) is 1. The molecule has 1 aliphatic heterocycles. The van der Waals surface area contributed by atoms with Crippen LogP contribution in [0.1, 0.15) is 290 Å². The lowest BCUT2D eigenvalue weighted by atomic mass is 9.98. The second kappa shape index (κ2) is 51.7. The van der Waals surface area contributed by atoms with Crippen LogP contribution < -0.4 is 0 Å². The maximum absolute atomic E-state index is 13.2. The fraction of sp³-hybridized carbons (Fsp3) is 0.841. The molecule has 0 saturated carbocycles. The Bertz CT molecular complexity index is 1450. The third-order valence-electron chi connectivity index (χ3n) is 14.2. The summed E-state index contributed by atoms with van der Waals surface area (Å²) in [6, 6.07) is 0. The van der Waals surface area contributed by atoms with Crippen molar-refractivity contribution >= 4 is 23.9 Å². The SMILES string of the molecule is CCCCC/C=C\C/C=C\CCCCCCCC(=O)OC1C(OCC(COC(=O)CCCCCCC/C=C\CCCCCCCC)OC(=O)CCCCCCCCCCCCCCCCC)OC(C(=O)O)C(O)C1O. The third kappa shape index (κ3) is 41.7. The van der Waals surface area contributed by atoms with E-state index in [0.29, 0.717) is 19.3 Å². The highest BCUT2D eigenvalue weighted by atomic mass is 16.7. The molecule has 6 atom stereocenters. The van der Waals surface area contributed by atoms with Gasteiger partial charge in [0, 0.05) is 19.3 Å². The molecule has 436 valence electrons. The number of allylic oxidation sites excluding steroid dienone is 6. The van der Waals surface area contributed by atoms with Gasteiger partial charge in [-0.3, -0.25) is 14.4 Å². The van der Waals surface area contributed by atoms with Crippen molar-refractivity contribution in [2.75, 3.05) is 13.2 Å². The summed E-state index contributed by atoms with van der Waals surface area (Å²) in [5, 5.41) is 31.5. The van der Waals surface area contributed by atoms with Crippen molar-refractivity contribution in [3.8, 4) is 0 Å². The summed E-state index contributed by atoms with van der Waals surface area (Å²) < 4.78 is 28.5. The Hall–Kier alpha value is -3.06. The van der Waals surface area contributed by atoms with Crippen LogP contribution in [0.3, 0.4) is 0 Å². The van der Waals surface area contributed by atoms with E-state index in [9.17, 15) is 34.5 Å². The minimum Gasteiger partial charge on any atom is -0.479 e. The topological polar surface area (TPSA) is 175 Å². The Labute approximate surface area is 457 Å². The van der Waals surface area contributed by atoms with Crippen molar-refractivity contribution in [1.29, 1.82) is 0 Å². The van der Waals surface area contributed by atoms with Crippen LogP contribution in [0, 0.1) is 0 Å². The Kier molecular flexibility index (Phi) is 48.2. The van der Waals surface area contributed by atoms with E-state index in [-0.39, 0.29) is 25.9 Å². The van der Waals surface area contributed by atoms with E-state index in [1.807, 2.05) is 0 Å². The van der Waals surface area contributed by atoms with Crippen molar-refractivity contribution in [3.63, 3.8) is 0 Å². The third-order valence-corrected chi connectivity index (χ3v) is 14.2. The number of hydrogen-bond acceptors (Lipinski definition) is 11. The quantitative estimate of drug-likeness (QED) is 0.0228. The second-order valence-electron chi connectivity index (χ2n) is 21.3. The molecule has 1 heterocycles. The predicted octanol–water partition coefficient (Wildman–Crippen LogP) is 16.0. The lowest BCUT2D eigenvalue weighted by molar-refractivity contribution is -0.301. The van der Waals surface area contributed by atoms with Crippen molar-refractivity contribution in [3.05, 3.63) is 36.5 Å². The average molecular weight is 1060 g/mol. The first-order chi connectivity index (χ1) is 36.6. The molecule has 1 saturated heterocycles. The summed E-state index contributed by atoms with van der Waals surface area (Å²) in [5.74, 6) is -3.12. The standard InChI is InChI=1S/C63H112O12/c1-4-7-10-13-16-19-22-25-28-31-34-37-40-43-46-49-55(64)71-52-54(73-56(65)50-47-44-41-38-35-32-29-26-23-20-17-14-11-8-5-2)53-72-63-61(59(68)58(67)60(75-63)62(69)70)74-57(66)51-48-45-42-39-36-33-30-27-24-21-18-15-12-9-6-3/h18,21,25,27-28,30,54,58-61,63,67-68H,4-17,19-20,22-24,26,29,31-53H2,1-3H3,(H,69,70)/b21-18-,28-25-,30-27-. The number of carboxylic acids is 1. The van der Waals surface area contributed by atoms with Gasteiger partial charge in [-0.2, -0.15) is 0 Å². The molecule has 12 heteroatoms. The zero-order chi connectivity index (χ0) is 54.7. The van der Waals surface area contributed by atoms with E-state index in [0.717, 1.165) is 103 Å². The molecule has 3 N–H and O–H groups in total. The number of aliphatic hydroxyl groups excluding tert-OH is 2. The number of rotatable bonds is 53. The fourth-order valence-electron chi connectivity index (χ4n) is 9.39. The molecular formula is C63H112O12. The second-order valence-corrected chi connectivity index (χ2v) is 21.3. The van der Waals surface area contributed by atoms with Crippen molar-refractivity contribution < 1.29 is 58.2 Å². The molecular weight excluding hydrogens is 949 g/mol. The number of ether oxygens (including phenoxy) is 5. The Balaban J connectivity index is 2.69. The number of aliphatic hydroxyl groups is 2. The van der Waals surface area contributed by atoms with Crippen LogP contribution >= 0.6 is 0 Å². The summed E-state index contributed by atoms with van der Waals surface area (Å²) in [7, 11) is 0. The van der Waals surface area contributed by atoms with Gasteiger partial charge >= 0.3 is 23.9 Å². The lowest BCUT2D eigenvalue weighted by Crippen LogP contribution is -2.61. The molecule has 0 radical (unpaired) electrons. The van der Waals surface area contributed by atoms with Gasteiger partial charge in [-0.25, -0.2) is 4.79 Å². The van der Waals surface area contributed by atoms with Crippen LogP contribution in [-0.2, 0) is 42.9 Å². The number of carbonyl (C=O) groups is 4. The van der Waals surface area contributed by atoms with Gasteiger partial charge in [0.05, 0.1) is 6.61 Å². The van der Waals surface area contributed by atoms with E-state index in [2.05, 4.69) is 57.2 Å². The van der Waals surface area contributed by atoms with Crippen LogP contribution in [0.4, 0.5) is 0 Å². The summed E-state index contributed by atoms with van der Waals surface area (Å²) in [4.78, 5) is 51.2. The molecule has 1 rings (SSSR count). The first-order valence-corrected chi connectivity index (χ1v) is 31.0. The Morgan fingerprint density at radius 3 is 1.24 bits per heavy atom. The molecule has 0 aromatic carbocycles. The van der Waals surface area contributed by atoms with Crippen LogP contribution in [0.2, 0.25) is 0 Å². The Morgan fingerprint density at radius 2 is 0.800 bits per heavy atom. The molecule has 0 spiro atoms. The molecule has 1 aliphatic rings. The van der Waals surface area contributed by atoms with Crippen LogP contribution in [0.25, 0.3) is 0 Å². The highest BCUT2D eigenvalue weighted by Gasteiger charge is 2.50. The number of carbonyl (C=O) groups excluding carboxylic acids is 3. The molecule has 6 unspecified atom stereocenters. The van der Waals surface area contributed by atoms with Gasteiger partial charge in [0.15, 0.2) is 24.6 Å². The minimum atomic E-state index is -1.91. The fourth-order valence-corrected chi connectivity index (χ4v) is 9.39. The normalized spacial score (nSPS) is 18.3. The zero-order valence-electron chi connectivity index (χ0n) is 48.1. The summed E-state index contributed by atoms with van der Waals surface area (Å²) in [6.07, 6.45) is 48.2. The van der Waals surface area contributed by atoms with Gasteiger partial charge in [0.25, 0.3) is 0 Å². The predicted molar refractivity (Wildman–Crippen MR) is 303 cm³/mol. The molecule has 0 aromatic heterocycles. The van der Waals surface area contributed by atoms with Gasteiger partial charge in [-0.05, 0) is 77.0 Å². The number of aliphatic carboxylic acids is 1. The van der Waals surface area contributed by atoms with Crippen molar-refractivity contribution in [2.45, 2.75) is 327 Å². The number of unbranched alkanes of at least 4 members (excludes halogenated alkanes) is 33. The van der Waals surface area contributed by atoms with E-state index in [1.54, 1.807) is 0 Å². The van der Waals surface area contributed by atoms with Gasteiger partial charge < -0.3 is 39.0 Å². The maximum Gasteiger partial charge on any atom is 0.335 e. The number of hydrogen-bond donors (Lipinski definition) is 3. The number of esters is 3. The molecule has 0 aliphatic carbocycles. The van der Waals surface area contributed by atoms with Gasteiger partial charge in [-0.15, -0.1) is 0 Å². The molecule has 0 aromatic rings. The zero-order valence-corrected chi connectivity index (χ0v) is 48.1. The van der Waals surface area contributed by atoms with Crippen molar-refractivity contribution in [1.82, 2.24) is 0 Å². The summed E-state index contributed by atoms with van der Waals surface area (Å²) in [6.45, 7) is 5.98. The molecule has 0 bridgehead atoms. The van der Waals surface area contributed by atoms with Crippen molar-refractivity contribution in [2.24, 2.45) is 0 Å². The monoisotopic (exact) mass is 1060 g/mol.